The quantitative estimate of drug-likeness (QED) is 0.682. The average molecular weight is 314 g/mol. The molecule has 0 saturated carbocycles. The summed E-state index contributed by atoms with van der Waals surface area (Å²) in [7, 11) is -6.81. The maximum atomic E-state index is 12.8. The minimum atomic E-state index is -3.83. The van der Waals surface area contributed by atoms with E-state index in [1.807, 2.05) is 0 Å². The Morgan fingerprint density at radius 1 is 0.737 bits per heavy atom. The van der Waals surface area contributed by atoms with E-state index < -0.39 is 31.8 Å². The van der Waals surface area contributed by atoms with E-state index in [1.54, 1.807) is 62.3 Å². The monoisotopic (exact) mass is 314 g/mol. The highest BCUT2D eigenvalue weighted by molar-refractivity contribution is 8.21. The summed E-state index contributed by atoms with van der Waals surface area (Å²) in [5, 5.41) is 0. The highest BCUT2D eigenvalue weighted by Gasteiger charge is 2.43. The summed E-state index contributed by atoms with van der Waals surface area (Å²) in [6.07, 6.45) is 0. The summed E-state index contributed by atoms with van der Waals surface area (Å²) in [5.41, 5.74) is -2.14. The molecule has 0 amide bonds. The van der Waals surface area contributed by atoms with E-state index in [0.717, 1.165) is 0 Å². The first-order chi connectivity index (χ1) is 8.04. The molecule has 0 rings (SSSR count). The first kappa shape index (κ1) is 19.3. The van der Waals surface area contributed by atoms with Crippen LogP contribution in [0.4, 0.5) is 0 Å². The van der Waals surface area contributed by atoms with Crippen LogP contribution in [0.25, 0.3) is 0 Å². The Bertz CT molecular complexity index is 351. The molecule has 116 valence electrons. The molecular weight excluding hydrogens is 286 g/mol. The van der Waals surface area contributed by atoms with Gasteiger partial charge in [0.1, 0.15) is 0 Å². The van der Waals surface area contributed by atoms with Gasteiger partial charge >= 0.3 is 15.0 Å². The summed E-state index contributed by atoms with van der Waals surface area (Å²) in [4.78, 5) is 0. The molecule has 0 fully saturated rings. The zero-order valence-corrected chi connectivity index (χ0v) is 15.4. The summed E-state index contributed by atoms with van der Waals surface area (Å²) < 4.78 is 41.3. The smallest absolute Gasteiger partial charge is 0.316 e. The van der Waals surface area contributed by atoms with Crippen molar-refractivity contribution in [3.63, 3.8) is 0 Å². The third kappa shape index (κ3) is 8.99. The molecule has 7 heteroatoms. The highest BCUT2D eigenvalue weighted by atomic mass is 32.1. The van der Waals surface area contributed by atoms with Gasteiger partial charge in [0.15, 0.2) is 0 Å². The van der Waals surface area contributed by atoms with Crippen LogP contribution < -0.4 is 0 Å². The van der Waals surface area contributed by atoms with Gasteiger partial charge in [-0.1, -0.05) is 0 Å². The Hall–Kier alpha value is 0.340. The molecule has 0 radical (unpaired) electrons. The van der Waals surface area contributed by atoms with Crippen molar-refractivity contribution in [3.05, 3.63) is 0 Å². The van der Waals surface area contributed by atoms with Gasteiger partial charge < -0.3 is 4.52 Å². The third-order valence-electron chi connectivity index (χ3n) is 1.41. The summed E-state index contributed by atoms with van der Waals surface area (Å²) in [5.74, 6) is 0. The zero-order valence-electron chi connectivity index (χ0n) is 13.5. The fourth-order valence-corrected chi connectivity index (χ4v) is 6.64. The molecule has 0 aromatic heterocycles. The molecule has 0 heterocycles. The van der Waals surface area contributed by atoms with Crippen molar-refractivity contribution in [2.75, 3.05) is 0 Å². The lowest BCUT2D eigenvalue weighted by Crippen LogP contribution is -2.24. The Labute approximate surface area is 117 Å². The maximum Gasteiger partial charge on any atom is 0.410 e. The van der Waals surface area contributed by atoms with Crippen molar-refractivity contribution < 1.29 is 22.7 Å². The van der Waals surface area contributed by atoms with Crippen LogP contribution in [0.1, 0.15) is 62.3 Å². The first-order valence-corrected chi connectivity index (χ1v) is 9.99. The van der Waals surface area contributed by atoms with E-state index in [0.29, 0.717) is 0 Å². The molecule has 0 aromatic carbocycles. The van der Waals surface area contributed by atoms with E-state index in [1.165, 1.54) is 0 Å². The second kappa shape index (κ2) is 5.99. The van der Waals surface area contributed by atoms with Crippen molar-refractivity contribution in [2.24, 2.45) is 0 Å². The minimum absolute atomic E-state index is 0.672. The lowest BCUT2D eigenvalue weighted by atomic mass is 10.2. The summed E-state index contributed by atoms with van der Waals surface area (Å²) in [6.45, 7) is 15.6. The van der Waals surface area contributed by atoms with Gasteiger partial charge in [0.05, 0.1) is 16.8 Å². The van der Waals surface area contributed by atoms with Crippen LogP contribution in [0, 0.1) is 0 Å². The van der Waals surface area contributed by atoms with Gasteiger partial charge in [-0.2, -0.15) is 0 Å². The molecule has 0 aliphatic rings. The van der Waals surface area contributed by atoms with E-state index in [9.17, 15) is 9.13 Å². The highest BCUT2D eigenvalue weighted by Crippen LogP contribution is 2.74. The van der Waals surface area contributed by atoms with Gasteiger partial charge in [-0.3, -0.25) is 13.6 Å². The Kier molecular flexibility index (Phi) is 6.10. The molecule has 19 heavy (non-hydrogen) atoms. The SMILES string of the molecule is CC(C)(C)O[PH](=O)P(=O)(OC(C)(C)C)OC(C)(C)C. The Morgan fingerprint density at radius 2 is 1.05 bits per heavy atom. The predicted molar refractivity (Wildman–Crippen MR) is 79.1 cm³/mol. The van der Waals surface area contributed by atoms with Crippen LogP contribution in [0.3, 0.4) is 0 Å². The molecule has 0 aliphatic heterocycles. The van der Waals surface area contributed by atoms with Crippen LogP contribution in [-0.2, 0) is 22.7 Å². The molecule has 0 saturated heterocycles. The molecular formula is C12H28O5P2. The summed E-state index contributed by atoms with van der Waals surface area (Å²) >= 11 is 0. The molecule has 1 atom stereocenters. The molecule has 1 unspecified atom stereocenters. The van der Waals surface area contributed by atoms with E-state index in [-0.39, 0.29) is 0 Å². The Morgan fingerprint density at radius 3 is 1.26 bits per heavy atom. The van der Waals surface area contributed by atoms with E-state index in [4.69, 9.17) is 13.6 Å². The number of rotatable bonds is 4. The second-order valence-electron chi connectivity index (χ2n) is 7.39. The van der Waals surface area contributed by atoms with Crippen LogP contribution in [0.2, 0.25) is 0 Å². The van der Waals surface area contributed by atoms with Gasteiger partial charge in [-0.15, -0.1) is 0 Å². The lowest BCUT2D eigenvalue weighted by Gasteiger charge is -2.32. The van der Waals surface area contributed by atoms with Crippen molar-refractivity contribution >= 4 is 15.0 Å². The minimum Gasteiger partial charge on any atom is -0.316 e. The Balaban J connectivity index is 5.29. The maximum absolute atomic E-state index is 12.8. The average Bonchev–Trinajstić information content (AvgIpc) is 1.91. The van der Waals surface area contributed by atoms with Gasteiger partial charge in [0, 0.05) is 0 Å². The van der Waals surface area contributed by atoms with Crippen molar-refractivity contribution in [3.8, 4) is 0 Å². The van der Waals surface area contributed by atoms with Crippen molar-refractivity contribution in [1.29, 1.82) is 0 Å². The van der Waals surface area contributed by atoms with Crippen LogP contribution >= 0.6 is 15.0 Å². The second-order valence-corrected chi connectivity index (χ2v) is 12.2. The lowest BCUT2D eigenvalue weighted by molar-refractivity contribution is 0.0532. The zero-order chi connectivity index (χ0) is 15.7. The van der Waals surface area contributed by atoms with Gasteiger partial charge in [-0.25, -0.2) is 4.57 Å². The molecule has 0 spiro atoms. The molecule has 0 aliphatic carbocycles. The van der Waals surface area contributed by atoms with Crippen molar-refractivity contribution in [2.45, 2.75) is 79.1 Å². The predicted octanol–water partition coefficient (Wildman–Crippen LogP) is 5.01. The van der Waals surface area contributed by atoms with Crippen LogP contribution in [0.15, 0.2) is 0 Å². The molecule has 0 bridgehead atoms. The fourth-order valence-electron chi connectivity index (χ4n) is 1.13. The van der Waals surface area contributed by atoms with Crippen LogP contribution in [0.5, 0.6) is 0 Å². The molecule has 0 N–H and O–H groups in total. The topological polar surface area (TPSA) is 61.8 Å². The van der Waals surface area contributed by atoms with Crippen LogP contribution in [-0.4, -0.2) is 16.8 Å². The largest absolute Gasteiger partial charge is 0.410 e. The number of hydrogen-bond acceptors (Lipinski definition) is 5. The van der Waals surface area contributed by atoms with E-state index >= 15 is 0 Å². The van der Waals surface area contributed by atoms with Gasteiger partial charge in [-0.05, 0) is 62.3 Å². The fraction of sp³-hybridized carbons (Fsp3) is 1.00. The normalized spacial score (nSPS) is 16.5. The number of hydrogen-bond donors (Lipinski definition) is 0. The van der Waals surface area contributed by atoms with Gasteiger partial charge in [0.25, 0.3) is 0 Å². The van der Waals surface area contributed by atoms with Gasteiger partial charge in [0.2, 0.25) is 0 Å². The standard InChI is InChI=1S/C12H28O5P2/c1-10(2,3)15-18(13)19(14,16-11(4,5)6)17-12(7,8)9/h18H,1-9H3. The van der Waals surface area contributed by atoms with Crippen molar-refractivity contribution in [1.82, 2.24) is 0 Å². The van der Waals surface area contributed by atoms with E-state index in [2.05, 4.69) is 0 Å². The molecule has 5 nitrogen and oxygen atoms in total. The summed E-state index contributed by atoms with van der Waals surface area (Å²) in [6, 6.07) is 0. The first-order valence-electron chi connectivity index (χ1n) is 6.29. The third-order valence-corrected chi connectivity index (χ3v) is 6.38. The molecule has 0 aromatic rings.